The smallest absolute Gasteiger partial charge is 0.471 e. The first kappa shape index (κ1) is 20.6. The van der Waals surface area contributed by atoms with Gasteiger partial charge in [0.1, 0.15) is 5.75 Å². The second-order valence-corrected chi connectivity index (χ2v) is 5.97. The van der Waals surface area contributed by atoms with Crippen LogP contribution in [0.25, 0.3) is 11.4 Å². The lowest BCUT2D eigenvalue weighted by atomic mass is 10.1. The normalized spacial score (nSPS) is 12.4. The number of rotatable bonds is 5. The number of aryl methyl sites for hydroxylation is 2. The van der Waals surface area contributed by atoms with E-state index in [-0.39, 0.29) is 24.7 Å². The summed E-state index contributed by atoms with van der Waals surface area (Å²) in [4.78, 5) is 6.56. The van der Waals surface area contributed by atoms with Crippen LogP contribution in [0.15, 0.2) is 21.2 Å². The third-order valence-corrected chi connectivity index (χ3v) is 3.67. The summed E-state index contributed by atoms with van der Waals surface area (Å²) < 4.78 is 89.4. The van der Waals surface area contributed by atoms with E-state index in [0.29, 0.717) is 22.4 Å². The monoisotopic (exact) mass is 422 g/mol. The van der Waals surface area contributed by atoms with E-state index in [4.69, 9.17) is 4.74 Å². The van der Waals surface area contributed by atoms with Gasteiger partial charge in [0, 0.05) is 5.56 Å². The zero-order valence-electron chi connectivity index (χ0n) is 14.9. The van der Waals surface area contributed by atoms with E-state index in [1.165, 1.54) is 12.1 Å². The standard InChI is InChI=1S/C16H12F6N4O3/c1-7-5-9(12-24-14(29-25-12)16(20,21)22)6-8(2)11(7)27-4-3-10-23-13(26-28-10)15(17,18)19/h5-6H,3-4H2,1-2H3. The molecule has 2 heterocycles. The summed E-state index contributed by atoms with van der Waals surface area (Å²) in [6.45, 7) is 3.23. The first-order chi connectivity index (χ1) is 13.4. The van der Waals surface area contributed by atoms with Gasteiger partial charge in [-0.1, -0.05) is 10.3 Å². The van der Waals surface area contributed by atoms with Crippen LogP contribution in [0, 0.1) is 13.8 Å². The van der Waals surface area contributed by atoms with E-state index in [2.05, 4.69) is 29.3 Å². The van der Waals surface area contributed by atoms with Crippen molar-refractivity contribution in [1.82, 2.24) is 20.3 Å². The molecule has 0 spiro atoms. The first-order valence-electron chi connectivity index (χ1n) is 8.00. The fourth-order valence-corrected chi connectivity index (χ4v) is 2.47. The maximum atomic E-state index is 12.6. The largest absolute Gasteiger partial charge is 0.493 e. The molecule has 13 heteroatoms. The predicted octanol–water partition coefficient (Wildman–Crippen LogP) is 4.40. The lowest BCUT2D eigenvalue weighted by Gasteiger charge is -2.12. The molecular formula is C16H12F6N4O3. The Morgan fingerprint density at radius 2 is 1.55 bits per heavy atom. The van der Waals surface area contributed by atoms with Crippen molar-refractivity contribution in [2.24, 2.45) is 0 Å². The lowest BCUT2D eigenvalue weighted by Crippen LogP contribution is -2.08. The van der Waals surface area contributed by atoms with Crippen molar-refractivity contribution in [2.75, 3.05) is 6.61 Å². The van der Waals surface area contributed by atoms with Crippen LogP contribution in [0.3, 0.4) is 0 Å². The summed E-state index contributed by atoms with van der Waals surface area (Å²) in [6, 6.07) is 3.00. The molecule has 156 valence electrons. The molecule has 3 rings (SSSR count). The number of benzene rings is 1. The minimum Gasteiger partial charge on any atom is -0.493 e. The molecule has 0 fully saturated rings. The number of hydrogen-bond donors (Lipinski definition) is 0. The Kier molecular flexibility index (Phi) is 5.24. The number of alkyl halides is 6. The van der Waals surface area contributed by atoms with Crippen molar-refractivity contribution in [3.8, 4) is 17.1 Å². The summed E-state index contributed by atoms with van der Waals surface area (Å²) in [6.07, 6.45) is -9.52. The molecule has 2 aromatic heterocycles. The fraction of sp³-hybridized carbons (Fsp3) is 0.375. The van der Waals surface area contributed by atoms with Gasteiger partial charge in [-0.3, -0.25) is 0 Å². The minimum absolute atomic E-state index is 0.0546. The van der Waals surface area contributed by atoms with Crippen LogP contribution in [0.1, 0.15) is 28.7 Å². The van der Waals surface area contributed by atoms with E-state index >= 15 is 0 Å². The second kappa shape index (κ2) is 7.37. The van der Waals surface area contributed by atoms with E-state index < -0.39 is 24.1 Å². The zero-order valence-corrected chi connectivity index (χ0v) is 14.9. The Balaban J connectivity index is 1.70. The maximum Gasteiger partial charge on any atom is 0.471 e. The summed E-state index contributed by atoms with van der Waals surface area (Å²) >= 11 is 0. The molecule has 3 aromatic rings. The van der Waals surface area contributed by atoms with Crippen LogP contribution in [-0.2, 0) is 18.8 Å². The molecule has 0 amide bonds. The highest BCUT2D eigenvalue weighted by molar-refractivity contribution is 5.61. The average Bonchev–Trinajstić information content (AvgIpc) is 3.25. The van der Waals surface area contributed by atoms with Crippen LogP contribution in [-0.4, -0.2) is 26.9 Å². The summed E-state index contributed by atoms with van der Waals surface area (Å²) in [7, 11) is 0. The van der Waals surface area contributed by atoms with Crippen molar-refractivity contribution in [3.63, 3.8) is 0 Å². The van der Waals surface area contributed by atoms with Gasteiger partial charge in [-0.25, -0.2) is 0 Å². The summed E-state index contributed by atoms with van der Waals surface area (Å²) in [5.74, 6) is -2.90. The molecule has 0 saturated heterocycles. The summed E-state index contributed by atoms with van der Waals surface area (Å²) in [5, 5.41) is 6.17. The molecule has 1 aromatic carbocycles. The maximum absolute atomic E-state index is 12.6. The third kappa shape index (κ3) is 4.66. The van der Waals surface area contributed by atoms with Gasteiger partial charge < -0.3 is 13.8 Å². The molecule has 29 heavy (non-hydrogen) atoms. The number of aromatic nitrogens is 4. The van der Waals surface area contributed by atoms with Crippen LogP contribution in [0.2, 0.25) is 0 Å². The van der Waals surface area contributed by atoms with E-state index in [1.54, 1.807) is 13.8 Å². The van der Waals surface area contributed by atoms with Crippen LogP contribution >= 0.6 is 0 Å². The topological polar surface area (TPSA) is 87.1 Å². The molecule has 0 aliphatic rings. The van der Waals surface area contributed by atoms with Gasteiger partial charge in [0.25, 0.3) is 5.82 Å². The van der Waals surface area contributed by atoms with Crippen molar-refractivity contribution in [2.45, 2.75) is 32.6 Å². The van der Waals surface area contributed by atoms with Gasteiger partial charge in [0.05, 0.1) is 13.0 Å². The quantitative estimate of drug-likeness (QED) is 0.564. The van der Waals surface area contributed by atoms with E-state index in [1.807, 2.05) is 0 Å². The van der Waals surface area contributed by atoms with Crippen molar-refractivity contribution in [3.05, 3.63) is 40.9 Å². The molecule has 0 saturated carbocycles. The minimum atomic E-state index is -4.75. The molecule has 0 N–H and O–H groups in total. The molecule has 0 aliphatic heterocycles. The van der Waals surface area contributed by atoms with E-state index in [9.17, 15) is 26.3 Å². The molecule has 0 atom stereocenters. The van der Waals surface area contributed by atoms with E-state index in [0.717, 1.165) is 0 Å². The van der Waals surface area contributed by atoms with Crippen LogP contribution < -0.4 is 4.74 Å². The second-order valence-electron chi connectivity index (χ2n) is 5.97. The zero-order chi connectivity index (χ0) is 21.4. The van der Waals surface area contributed by atoms with Gasteiger partial charge in [0.15, 0.2) is 0 Å². The Bertz CT molecular complexity index is 986. The SMILES string of the molecule is Cc1cc(-c2noc(C(F)(F)F)n2)cc(C)c1OCCc1nc(C(F)(F)F)no1. The highest BCUT2D eigenvalue weighted by atomic mass is 19.4. The van der Waals surface area contributed by atoms with Gasteiger partial charge >= 0.3 is 18.2 Å². The average molecular weight is 422 g/mol. The lowest BCUT2D eigenvalue weighted by molar-refractivity contribution is -0.159. The number of ether oxygens (including phenoxy) is 1. The third-order valence-electron chi connectivity index (χ3n) is 3.67. The molecule has 0 bridgehead atoms. The fourth-order valence-electron chi connectivity index (χ4n) is 2.47. The highest BCUT2D eigenvalue weighted by Gasteiger charge is 2.39. The van der Waals surface area contributed by atoms with Crippen LogP contribution in [0.5, 0.6) is 5.75 Å². The molecule has 7 nitrogen and oxygen atoms in total. The molecule has 0 radical (unpaired) electrons. The van der Waals surface area contributed by atoms with Crippen molar-refractivity contribution < 1.29 is 40.1 Å². The van der Waals surface area contributed by atoms with Gasteiger partial charge in [0.2, 0.25) is 11.7 Å². The highest BCUT2D eigenvalue weighted by Crippen LogP contribution is 2.32. The van der Waals surface area contributed by atoms with Crippen molar-refractivity contribution in [1.29, 1.82) is 0 Å². The Hall–Kier alpha value is -3.12. The van der Waals surface area contributed by atoms with Gasteiger partial charge in [-0.05, 0) is 37.1 Å². The Morgan fingerprint density at radius 1 is 0.897 bits per heavy atom. The van der Waals surface area contributed by atoms with Crippen LogP contribution in [0.4, 0.5) is 26.3 Å². The van der Waals surface area contributed by atoms with Gasteiger partial charge in [-0.2, -0.15) is 36.3 Å². The number of hydrogen-bond acceptors (Lipinski definition) is 7. The molecular weight excluding hydrogens is 410 g/mol. The van der Waals surface area contributed by atoms with Gasteiger partial charge in [-0.15, -0.1) is 0 Å². The molecule has 0 unspecified atom stereocenters. The first-order valence-corrected chi connectivity index (χ1v) is 8.00. The Morgan fingerprint density at radius 3 is 2.07 bits per heavy atom. The number of halogens is 6. The van der Waals surface area contributed by atoms with Crippen molar-refractivity contribution >= 4 is 0 Å². The Labute approximate surface area is 158 Å². The molecule has 0 aliphatic carbocycles. The number of nitrogens with zero attached hydrogens (tertiary/aromatic N) is 4. The summed E-state index contributed by atoms with van der Waals surface area (Å²) in [5.41, 5.74) is 1.40. The predicted molar refractivity (Wildman–Crippen MR) is 82.7 cm³/mol.